The predicted molar refractivity (Wildman–Crippen MR) is 102 cm³/mol. The Balaban J connectivity index is 1.56. The molecule has 3 aliphatic heterocycles. The molecule has 3 heterocycles. The maximum absolute atomic E-state index is 14.1. The van der Waals surface area contributed by atoms with Crippen molar-refractivity contribution in [3.8, 4) is 5.75 Å². The Morgan fingerprint density at radius 2 is 1.82 bits per heavy atom. The molecule has 5 rings (SSSR count). The number of fused-ring (bicyclic) bond motifs is 4. The van der Waals surface area contributed by atoms with Crippen LogP contribution in [0.4, 0.5) is 14.5 Å². The second-order valence-corrected chi connectivity index (χ2v) is 8.20. The van der Waals surface area contributed by atoms with E-state index < -0.39 is 23.0 Å². The van der Waals surface area contributed by atoms with Gasteiger partial charge in [-0.15, -0.1) is 0 Å². The quantitative estimate of drug-likeness (QED) is 0.587. The SMILES string of the molecule is CN1CCC(CN2CC3(C(=O)Oc4cc(F)c(F)cc43)c3ccccc32)CC1. The smallest absolute Gasteiger partial charge is 0.328 e. The fraction of sp³-hybridized carbons (Fsp3) is 0.409. The van der Waals surface area contributed by atoms with Crippen LogP contribution in [0.2, 0.25) is 0 Å². The molecule has 0 N–H and O–H groups in total. The molecule has 1 spiro atoms. The van der Waals surface area contributed by atoms with E-state index in [1.54, 1.807) is 0 Å². The van der Waals surface area contributed by atoms with Gasteiger partial charge < -0.3 is 14.5 Å². The van der Waals surface area contributed by atoms with Crippen molar-refractivity contribution in [1.29, 1.82) is 0 Å². The third-order valence-electron chi connectivity index (χ3n) is 6.48. The van der Waals surface area contributed by atoms with Crippen molar-refractivity contribution in [3.63, 3.8) is 0 Å². The first kappa shape index (κ1) is 17.6. The van der Waals surface area contributed by atoms with Crippen LogP contribution in [-0.2, 0) is 10.2 Å². The van der Waals surface area contributed by atoms with Crippen molar-refractivity contribution in [2.24, 2.45) is 5.92 Å². The summed E-state index contributed by atoms with van der Waals surface area (Å²) in [5.74, 6) is -1.74. The van der Waals surface area contributed by atoms with Crippen LogP contribution in [0.1, 0.15) is 24.0 Å². The van der Waals surface area contributed by atoms with E-state index in [4.69, 9.17) is 4.74 Å². The van der Waals surface area contributed by atoms with Gasteiger partial charge in [-0.05, 0) is 56.6 Å². The number of piperidine rings is 1. The molecule has 6 heteroatoms. The number of rotatable bonds is 2. The van der Waals surface area contributed by atoms with Crippen LogP contribution in [0.5, 0.6) is 5.75 Å². The Labute approximate surface area is 162 Å². The van der Waals surface area contributed by atoms with Gasteiger partial charge in [-0.1, -0.05) is 18.2 Å². The molecule has 0 aromatic heterocycles. The summed E-state index contributed by atoms with van der Waals surface area (Å²) < 4.78 is 33.2. The number of hydrogen-bond acceptors (Lipinski definition) is 4. The van der Waals surface area contributed by atoms with Crippen LogP contribution >= 0.6 is 0 Å². The number of anilines is 1. The van der Waals surface area contributed by atoms with Gasteiger partial charge in [0, 0.05) is 30.4 Å². The zero-order valence-electron chi connectivity index (χ0n) is 15.8. The molecule has 0 amide bonds. The summed E-state index contributed by atoms with van der Waals surface area (Å²) in [6, 6.07) is 9.85. The van der Waals surface area contributed by atoms with Crippen LogP contribution in [0.25, 0.3) is 0 Å². The predicted octanol–water partition coefficient (Wildman–Crippen LogP) is 3.33. The first-order valence-electron chi connectivity index (χ1n) is 9.74. The zero-order valence-corrected chi connectivity index (χ0v) is 15.8. The first-order chi connectivity index (χ1) is 13.5. The van der Waals surface area contributed by atoms with Crippen LogP contribution in [0.15, 0.2) is 36.4 Å². The molecule has 2 aromatic carbocycles. The summed E-state index contributed by atoms with van der Waals surface area (Å²) in [4.78, 5) is 17.6. The topological polar surface area (TPSA) is 32.8 Å². The number of hydrogen-bond donors (Lipinski definition) is 0. The van der Waals surface area contributed by atoms with Crippen molar-refractivity contribution < 1.29 is 18.3 Å². The second-order valence-electron chi connectivity index (χ2n) is 8.20. The van der Waals surface area contributed by atoms with Crippen LogP contribution in [0.3, 0.4) is 0 Å². The molecule has 146 valence electrons. The van der Waals surface area contributed by atoms with E-state index in [2.05, 4.69) is 16.8 Å². The summed E-state index contributed by atoms with van der Waals surface area (Å²) in [5.41, 5.74) is 1.13. The minimum absolute atomic E-state index is 0.125. The minimum atomic E-state index is -1.09. The third kappa shape index (κ3) is 2.47. The van der Waals surface area contributed by atoms with Crippen LogP contribution < -0.4 is 9.64 Å². The highest BCUT2D eigenvalue weighted by Gasteiger charge is 2.57. The van der Waals surface area contributed by atoms with E-state index in [-0.39, 0.29) is 5.75 Å². The number of halogens is 2. The Morgan fingerprint density at radius 1 is 1.11 bits per heavy atom. The number of para-hydroxylation sites is 1. The van der Waals surface area contributed by atoms with Crippen LogP contribution in [-0.4, -0.2) is 44.1 Å². The Hall–Kier alpha value is -2.47. The van der Waals surface area contributed by atoms with Gasteiger partial charge in [-0.2, -0.15) is 0 Å². The molecule has 1 fully saturated rings. The average molecular weight is 384 g/mol. The van der Waals surface area contributed by atoms with Gasteiger partial charge in [0.25, 0.3) is 0 Å². The lowest BCUT2D eigenvalue weighted by atomic mass is 9.77. The summed E-state index contributed by atoms with van der Waals surface area (Å²) in [7, 11) is 2.13. The molecule has 1 unspecified atom stereocenters. The van der Waals surface area contributed by atoms with Gasteiger partial charge in [0.1, 0.15) is 11.2 Å². The molecule has 0 saturated carbocycles. The number of ether oxygens (including phenoxy) is 1. The van der Waals surface area contributed by atoms with E-state index in [0.717, 1.165) is 55.9 Å². The lowest BCUT2D eigenvalue weighted by Crippen LogP contribution is -2.42. The molecule has 1 atom stereocenters. The normalized spacial score (nSPS) is 24.5. The van der Waals surface area contributed by atoms with E-state index >= 15 is 0 Å². The van der Waals surface area contributed by atoms with Crippen molar-refractivity contribution in [2.75, 3.05) is 38.1 Å². The molecule has 1 saturated heterocycles. The number of likely N-dealkylation sites (tertiary alicyclic amines) is 1. The van der Waals surface area contributed by atoms with Crippen molar-refractivity contribution in [1.82, 2.24) is 4.90 Å². The maximum Gasteiger partial charge on any atom is 0.328 e. The lowest BCUT2D eigenvalue weighted by Gasteiger charge is -2.33. The van der Waals surface area contributed by atoms with Crippen molar-refractivity contribution >= 4 is 11.7 Å². The molecule has 2 aromatic rings. The molecule has 28 heavy (non-hydrogen) atoms. The molecule has 0 radical (unpaired) electrons. The number of carbonyl (C=O) groups is 1. The highest BCUT2D eigenvalue weighted by molar-refractivity contribution is 5.98. The van der Waals surface area contributed by atoms with E-state index in [1.807, 2.05) is 24.3 Å². The molecule has 0 aliphatic carbocycles. The molecule has 3 aliphatic rings. The van der Waals surface area contributed by atoms with Gasteiger partial charge >= 0.3 is 5.97 Å². The van der Waals surface area contributed by atoms with Crippen molar-refractivity contribution in [2.45, 2.75) is 18.3 Å². The summed E-state index contributed by atoms with van der Waals surface area (Å²) in [6.45, 7) is 3.38. The average Bonchev–Trinajstić information content (AvgIpc) is 3.15. The van der Waals surface area contributed by atoms with Crippen LogP contribution in [0, 0.1) is 17.6 Å². The summed E-state index contributed by atoms with van der Waals surface area (Å²) in [6.07, 6.45) is 2.23. The van der Waals surface area contributed by atoms with Gasteiger partial charge in [-0.3, -0.25) is 4.79 Å². The zero-order chi connectivity index (χ0) is 19.5. The Bertz CT molecular complexity index is 956. The lowest BCUT2D eigenvalue weighted by molar-refractivity contribution is -0.136. The number of benzene rings is 2. The fourth-order valence-electron chi connectivity index (χ4n) is 4.93. The fourth-order valence-corrected chi connectivity index (χ4v) is 4.93. The highest BCUT2D eigenvalue weighted by atomic mass is 19.2. The van der Waals surface area contributed by atoms with Gasteiger partial charge in [-0.25, -0.2) is 8.78 Å². The van der Waals surface area contributed by atoms with Gasteiger partial charge in [0.05, 0.1) is 0 Å². The minimum Gasteiger partial charge on any atom is -0.425 e. The van der Waals surface area contributed by atoms with E-state index in [1.165, 1.54) is 0 Å². The number of carbonyl (C=O) groups excluding carboxylic acids is 1. The van der Waals surface area contributed by atoms with Crippen molar-refractivity contribution in [3.05, 3.63) is 59.2 Å². The van der Waals surface area contributed by atoms with Gasteiger partial charge in [0.15, 0.2) is 11.6 Å². The second kappa shape index (κ2) is 6.27. The molecule has 4 nitrogen and oxygen atoms in total. The van der Waals surface area contributed by atoms with E-state index in [0.29, 0.717) is 18.0 Å². The number of nitrogens with zero attached hydrogens (tertiary/aromatic N) is 2. The monoisotopic (exact) mass is 384 g/mol. The molecular weight excluding hydrogens is 362 g/mol. The maximum atomic E-state index is 14.1. The molecular formula is C22H22F2N2O2. The third-order valence-corrected chi connectivity index (χ3v) is 6.48. The summed E-state index contributed by atoms with van der Waals surface area (Å²) in [5, 5.41) is 0. The number of esters is 1. The summed E-state index contributed by atoms with van der Waals surface area (Å²) >= 11 is 0. The largest absolute Gasteiger partial charge is 0.425 e. The highest BCUT2D eigenvalue weighted by Crippen LogP contribution is 2.52. The van der Waals surface area contributed by atoms with E-state index in [9.17, 15) is 13.6 Å². The first-order valence-corrected chi connectivity index (χ1v) is 9.74. The van der Waals surface area contributed by atoms with Gasteiger partial charge in [0.2, 0.25) is 0 Å². The Morgan fingerprint density at radius 3 is 2.61 bits per heavy atom. The Kier molecular flexibility index (Phi) is 3.95. The standard InChI is InChI=1S/C22H22F2N2O2/c1-25-8-6-14(7-9-25)12-26-13-22(15-4-2-3-5-19(15)26)16-10-17(23)18(24)11-20(16)28-21(22)27/h2-5,10-11,14H,6-9,12-13H2,1H3. The molecule has 0 bridgehead atoms.